The molecule has 1 amide bonds. The predicted molar refractivity (Wildman–Crippen MR) is 84.7 cm³/mol. The SMILES string of the molecule is Cc1csc2nc(NC(=O)/C=C/c3cccc(Cl)c3)nn12. The molecule has 3 aromatic rings. The van der Waals surface area contributed by atoms with Crippen molar-refractivity contribution >= 4 is 45.8 Å². The molecule has 0 aliphatic carbocycles. The maximum absolute atomic E-state index is 11.8. The first-order valence-electron chi connectivity index (χ1n) is 6.17. The minimum atomic E-state index is -0.286. The number of nitrogens with zero attached hydrogens (tertiary/aromatic N) is 3. The summed E-state index contributed by atoms with van der Waals surface area (Å²) >= 11 is 7.36. The number of amides is 1. The van der Waals surface area contributed by atoms with Crippen LogP contribution in [0.25, 0.3) is 11.0 Å². The third-order valence-corrected chi connectivity index (χ3v) is 3.93. The van der Waals surface area contributed by atoms with Crippen molar-refractivity contribution in [2.75, 3.05) is 5.32 Å². The van der Waals surface area contributed by atoms with Gasteiger partial charge in [0.05, 0.1) is 5.69 Å². The zero-order chi connectivity index (χ0) is 14.8. The van der Waals surface area contributed by atoms with E-state index in [-0.39, 0.29) is 5.91 Å². The highest BCUT2D eigenvalue weighted by molar-refractivity contribution is 7.15. The Hall–Kier alpha value is -2.18. The van der Waals surface area contributed by atoms with Gasteiger partial charge in [-0.05, 0) is 30.7 Å². The van der Waals surface area contributed by atoms with Crippen molar-refractivity contribution in [3.63, 3.8) is 0 Å². The lowest BCUT2D eigenvalue weighted by atomic mass is 10.2. The molecular weight excluding hydrogens is 308 g/mol. The summed E-state index contributed by atoms with van der Waals surface area (Å²) in [5, 5.41) is 9.43. The lowest BCUT2D eigenvalue weighted by Crippen LogP contribution is -2.09. The molecule has 0 bridgehead atoms. The predicted octanol–water partition coefficient (Wildman–Crippen LogP) is 3.40. The van der Waals surface area contributed by atoms with Crippen LogP contribution in [0.1, 0.15) is 11.3 Å². The summed E-state index contributed by atoms with van der Waals surface area (Å²) in [7, 11) is 0. The lowest BCUT2D eigenvalue weighted by molar-refractivity contribution is -0.111. The molecule has 0 atom stereocenters. The first kappa shape index (κ1) is 13.8. The Balaban J connectivity index is 1.71. The van der Waals surface area contributed by atoms with Gasteiger partial charge in [0.25, 0.3) is 11.9 Å². The van der Waals surface area contributed by atoms with Gasteiger partial charge in [-0.15, -0.1) is 16.4 Å². The second-order valence-corrected chi connectivity index (χ2v) is 5.66. The largest absolute Gasteiger partial charge is 0.290 e. The van der Waals surface area contributed by atoms with Gasteiger partial charge in [0.2, 0.25) is 4.96 Å². The van der Waals surface area contributed by atoms with E-state index in [2.05, 4.69) is 15.4 Å². The third kappa shape index (κ3) is 3.12. The van der Waals surface area contributed by atoms with Gasteiger partial charge in [0, 0.05) is 16.5 Å². The van der Waals surface area contributed by atoms with E-state index in [1.807, 2.05) is 24.4 Å². The molecule has 0 unspecified atom stereocenters. The van der Waals surface area contributed by atoms with Crippen LogP contribution in [0, 0.1) is 6.92 Å². The molecular formula is C14H11ClN4OS. The number of benzene rings is 1. The molecule has 5 nitrogen and oxygen atoms in total. The molecule has 0 saturated heterocycles. The zero-order valence-electron chi connectivity index (χ0n) is 11.1. The molecule has 0 spiro atoms. The van der Waals surface area contributed by atoms with Crippen LogP contribution in [0.3, 0.4) is 0 Å². The van der Waals surface area contributed by atoms with Gasteiger partial charge in [0.15, 0.2) is 0 Å². The smallest absolute Gasteiger partial charge is 0.250 e. The number of nitrogens with one attached hydrogen (secondary N) is 1. The average molecular weight is 319 g/mol. The van der Waals surface area contributed by atoms with Gasteiger partial charge in [-0.1, -0.05) is 23.7 Å². The Bertz CT molecular complexity index is 836. The number of aryl methyl sites for hydroxylation is 1. The first-order chi connectivity index (χ1) is 10.1. The number of carbonyl (C=O) groups excluding carboxylic acids is 1. The number of hydrogen-bond acceptors (Lipinski definition) is 4. The van der Waals surface area contributed by atoms with Crippen molar-refractivity contribution in [2.45, 2.75) is 6.92 Å². The topological polar surface area (TPSA) is 59.3 Å². The van der Waals surface area contributed by atoms with Crippen LogP contribution in [0.5, 0.6) is 0 Å². The van der Waals surface area contributed by atoms with Gasteiger partial charge < -0.3 is 0 Å². The van der Waals surface area contributed by atoms with Crippen molar-refractivity contribution < 1.29 is 4.79 Å². The Kier molecular flexibility index (Phi) is 3.72. The maximum atomic E-state index is 11.8. The summed E-state index contributed by atoms with van der Waals surface area (Å²) in [4.78, 5) is 16.8. The van der Waals surface area contributed by atoms with E-state index in [9.17, 15) is 4.79 Å². The Labute approximate surface area is 129 Å². The van der Waals surface area contributed by atoms with E-state index < -0.39 is 0 Å². The number of anilines is 1. The molecule has 0 aliphatic heterocycles. The summed E-state index contributed by atoms with van der Waals surface area (Å²) in [6.45, 7) is 1.93. The van der Waals surface area contributed by atoms with Crippen molar-refractivity contribution in [1.29, 1.82) is 0 Å². The molecule has 0 aliphatic rings. The summed E-state index contributed by atoms with van der Waals surface area (Å²) in [6.07, 6.45) is 3.11. The number of aromatic nitrogens is 3. The van der Waals surface area contributed by atoms with Crippen LogP contribution >= 0.6 is 22.9 Å². The molecule has 1 N–H and O–H groups in total. The number of hydrogen-bond donors (Lipinski definition) is 1. The van der Waals surface area contributed by atoms with Crippen LogP contribution in [-0.2, 0) is 4.79 Å². The van der Waals surface area contributed by atoms with Gasteiger partial charge in [-0.3, -0.25) is 10.1 Å². The quantitative estimate of drug-likeness (QED) is 0.753. The van der Waals surface area contributed by atoms with E-state index >= 15 is 0 Å². The Morgan fingerprint density at radius 3 is 3.10 bits per heavy atom. The monoisotopic (exact) mass is 318 g/mol. The van der Waals surface area contributed by atoms with Gasteiger partial charge in [0.1, 0.15) is 0 Å². The third-order valence-electron chi connectivity index (χ3n) is 2.76. The van der Waals surface area contributed by atoms with Gasteiger partial charge in [-0.2, -0.15) is 4.98 Å². The first-order valence-corrected chi connectivity index (χ1v) is 7.43. The van der Waals surface area contributed by atoms with Gasteiger partial charge in [-0.25, -0.2) is 4.52 Å². The number of rotatable bonds is 3. The lowest BCUT2D eigenvalue weighted by Gasteiger charge is -1.96. The van der Waals surface area contributed by atoms with Gasteiger partial charge >= 0.3 is 0 Å². The van der Waals surface area contributed by atoms with E-state index in [4.69, 9.17) is 11.6 Å². The molecule has 1 aromatic carbocycles. The second-order valence-electron chi connectivity index (χ2n) is 4.38. The number of fused-ring (bicyclic) bond motifs is 1. The standard InChI is InChI=1S/C14H11ClN4OS/c1-9-8-21-14-17-13(18-19(9)14)16-12(20)6-5-10-3-2-4-11(15)7-10/h2-8H,1H3,(H,16,18,20)/b6-5+. The van der Waals surface area contributed by atoms with E-state index in [0.717, 1.165) is 16.2 Å². The Morgan fingerprint density at radius 1 is 1.48 bits per heavy atom. The highest BCUT2D eigenvalue weighted by Crippen LogP contribution is 2.15. The van der Waals surface area contributed by atoms with Crippen molar-refractivity contribution in [3.8, 4) is 0 Å². The zero-order valence-corrected chi connectivity index (χ0v) is 12.6. The van der Waals surface area contributed by atoms with E-state index in [0.29, 0.717) is 11.0 Å². The van der Waals surface area contributed by atoms with Crippen LogP contribution in [0.4, 0.5) is 5.95 Å². The van der Waals surface area contributed by atoms with Crippen molar-refractivity contribution in [3.05, 3.63) is 52.0 Å². The summed E-state index contributed by atoms with van der Waals surface area (Å²) < 4.78 is 1.70. The number of halogens is 1. The highest BCUT2D eigenvalue weighted by atomic mass is 35.5. The molecule has 0 fully saturated rings. The van der Waals surface area contributed by atoms with E-state index in [1.54, 1.807) is 22.7 Å². The fourth-order valence-corrected chi connectivity index (χ4v) is 2.78. The summed E-state index contributed by atoms with van der Waals surface area (Å²) in [5.41, 5.74) is 1.84. The molecule has 2 heterocycles. The van der Waals surface area contributed by atoms with Crippen LogP contribution < -0.4 is 5.32 Å². The molecule has 0 saturated carbocycles. The molecule has 21 heavy (non-hydrogen) atoms. The van der Waals surface area contributed by atoms with Crippen molar-refractivity contribution in [2.24, 2.45) is 0 Å². The molecule has 0 radical (unpaired) electrons. The van der Waals surface area contributed by atoms with Crippen LogP contribution in [-0.4, -0.2) is 20.5 Å². The maximum Gasteiger partial charge on any atom is 0.250 e. The molecule has 7 heteroatoms. The molecule has 3 rings (SSSR count). The molecule has 106 valence electrons. The summed E-state index contributed by atoms with van der Waals surface area (Å²) in [5.74, 6) is 0.0107. The number of thiazole rings is 1. The normalized spacial score (nSPS) is 11.3. The fraction of sp³-hybridized carbons (Fsp3) is 0.0714. The Morgan fingerprint density at radius 2 is 2.33 bits per heavy atom. The minimum Gasteiger partial charge on any atom is -0.290 e. The van der Waals surface area contributed by atoms with E-state index in [1.165, 1.54) is 17.4 Å². The summed E-state index contributed by atoms with van der Waals surface area (Å²) in [6, 6.07) is 7.25. The minimum absolute atomic E-state index is 0.286. The highest BCUT2D eigenvalue weighted by Gasteiger charge is 2.08. The molecule has 2 aromatic heterocycles. The van der Waals surface area contributed by atoms with Crippen LogP contribution in [0.15, 0.2) is 35.7 Å². The fourth-order valence-electron chi connectivity index (χ4n) is 1.78. The second kappa shape index (κ2) is 5.67. The number of carbonyl (C=O) groups is 1. The van der Waals surface area contributed by atoms with Crippen LogP contribution in [0.2, 0.25) is 5.02 Å². The van der Waals surface area contributed by atoms with Crippen molar-refractivity contribution in [1.82, 2.24) is 14.6 Å². The average Bonchev–Trinajstić information content (AvgIpc) is 2.99.